The number of rotatable bonds is 2. The summed E-state index contributed by atoms with van der Waals surface area (Å²) in [6.45, 7) is 5.17. The maximum absolute atomic E-state index is 12.7. The molecule has 1 saturated heterocycles. The van der Waals surface area contributed by atoms with Crippen LogP contribution in [0.1, 0.15) is 31.7 Å². The Balaban J connectivity index is 2.34. The van der Waals surface area contributed by atoms with Gasteiger partial charge in [-0.2, -0.15) is 4.31 Å². The van der Waals surface area contributed by atoms with Gasteiger partial charge in [0.25, 0.3) is 0 Å². The third kappa shape index (κ3) is 2.92. The average molecular weight is 282 g/mol. The Morgan fingerprint density at radius 1 is 1.26 bits per heavy atom. The van der Waals surface area contributed by atoms with E-state index in [1.165, 1.54) is 0 Å². The lowest BCUT2D eigenvalue weighted by atomic mass is 10.0. The summed E-state index contributed by atoms with van der Waals surface area (Å²) in [4.78, 5) is 0.349. The van der Waals surface area contributed by atoms with Crippen LogP contribution in [0.3, 0.4) is 0 Å². The van der Waals surface area contributed by atoms with Crippen molar-refractivity contribution < 1.29 is 8.42 Å². The van der Waals surface area contributed by atoms with Crippen LogP contribution in [0.2, 0.25) is 0 Å². The Bertz CT molecular complexity index is 555. The topological polar surface area (TPSA) is 63.4 Å². The van der Waals surface area contributed by atoms with Gasteiger partial charge in [-0.1, -0.05) is 13.0 Å². The standard InChI is InChI=1S/C14H22N2O2S/c1-11-5-4-9-16(10-8-11)19(17,18)14-7-3-6-13(15)12(14)2/h3,6-7,11H,4-5,8-10,15H2,1-2H3. The number of hydrogen-bond donors (Lipinski definition) is 1. The van der Waals surface area contributed by atoms with Crippen molar-refractivity contribution in [3.63, 3.8) is 0 Å². The minimum Gasteiger partial charge on any atom is -0.398 e. The molecule has 1 aliphatic rings. The van der Waals surface area contributed by atoms with Crippen LogP contribution >= 0.6 is 0 Å². The highest BCUT2D eigenvalue weighted by Crippen LogP contribution is 2.26. The molecule has 1 heterocycles. The molecule has 1 aromatic rings. The number of hydrogen-bond acceptors (Lipinski definition) is 3. The number of sulfonamides is 1. The smallest absolute Gasteiger partial charge is 0.243 e. The molecule has 0 aliphatic carbocycles. The Morgan fingerprint density at radius 2 is 2.00 bits per heavy atom. The van der Waals surface area contributed by atoms with Gasteiger partial charge in [0.15, 0.2) is 0 Å². The maximum atomic E-state index is 12.7. The fourth-order valence-electron chi connectivity index (χ4n) is 2.53. The predicted octanol–water partition coefficient (Wildman–Crippen LogP) is 2.39. The van der Waals surface area contributed by atoms with Crippen molar-refractivity contribution in [1.82, 2.24) is 4.31 Å². The average Bonchev–Trinajstić information content (AvgIpc) is 2.57. The Labute approximate surface area is 115 Å². The first-order valence-electron chi connectivity index (χ1n) is 6.78. The van der Waals surface area contributed by atoms with Crippen molar-refractivity contribution in [1.29, 1.82) is 0 Å². The van der Waals surface area contributed by atoms with Gasteiger partial charge in [-0.05, 0) is 49.8 Å². The highest BCUT2D eigenvalue weighted by atomic mass is 32.2. The summed E-state index contributed by atoms with van der Waals surface area (Å²) in [5, 5.41) is 0. The summed E-state index contributed by atoms with van der Waals surface area (Å²) in [6.07, 6.45) is 2.96. The molecule has 1 aliphatic heterocycles. The van der Waals surface area contributed by atoms with E-state index in [0.29, 0.717) is 35.2 Å². The van der Waals surface area contributed by atoms with Crippen molar-refractivity contribution in [2.24, 2.45) is 5.92 Å². The fourth-order valence-corrected chi connectivity index (χ4v) is 4.28. The molecule has 1 fully saturated rings. The normalized spacial score (nSPS) is 22.1. The van der Waals surface area contributed by atoms with E-state index >= 15 is 0 Å². The molecular formula is C14H22N2O2S. The molecule has 0 aromatic heterocycles. The Kier molecular flexibility index (Phi) is 4.16. The number of benzene rings is 1. The summed E-state index contributed by atoms with van der Waals surface area (Å²) >= 11 is 0. The van der Waals surface area contributed by atoms with Crippen LogP contribution in [0.4, 0.5) is 5.69 Å². The molecule has 2 rings (SSSR count). The summed E-state index contributed by atoms with van der Waals surface area (Å²) in [5.74, 6) is 0.599. The van der Waals surface area contributed by atoms with Crippen molar-refractivity contribution in [3.05, 3.63) is 23.8 Å². The second-order valence-corrected chi connectivity index (χ2v) is 7.32. The van der Waals surface area contributed by atoms with Gasteiger partial charge in [0, 0.05) is 18.8 Å². The largest absolute Gasteiger partial charge is 0.398 e. The van der Waals surface area contributed by atoms with Crippen molar-refractivity contribution in [2.75, 3.05) is 18.8 Å². The molecule has 0 saturated carbocycles. The molecule has 0 bridgehead atoms. The molecule has 4 nitrogen and oxygen atoms in total. The van der Waals surface area contributed by atoms with Crippen LogP contribution in [0, 0.1) is 12.8 Å². The van der Waals surface area contributed by atoms with Gasteiger partial charge in [-0.15, -0.1) is 0 Å². The lowest BCUT2D eigenvalue weighted by Gasteiger charge is -2.21. The van der Waals surface area contributed by atoms with Gasteiger partial charge in [-0.25, -0.2) is 8.42 Å². The van der Waals surface area contributed by atoms with Gasteiger partial charge < -0.3 is 5.73 Å². The number of anilines is 1. The first kappa shape index (κ1) is 14.3. The quantitative estimate of drug-likeness (QED) is 0.847. The molecule has 1 unspecified atom stereocenters. The van der Waals surface area contributed by atoms with Gasteiger partial charge >= 0.3 is 0 Å². The lowest BCUT2D eigenvalue weighted by molar-refractivity contribution is 0.416. The fraction of sp³-hybridized carbons (Fsp3) is 0.571. The van der Waals surface area contributed by atoms with E-state index in [4.69, 9.17) is 5.73 Å². The third-order valence-electron chi connectivity index (χ3n) is 3.92. The zero-order valence-electron chi connectivity index (χ0n) is 11.6. The van der Waals surface area contributed by atoms with E-state index in [9.17, 15) is 8.42 Å². The van der Waals surface area contributed by atoms with E-state index < -0.39 is 10.0 Å². The lowest BCUT2D eigenvalue weighted by Crippen LogP contribution is -2.32. The zero-order chi connectivity index (χ0) is 14.0. The van der Waals surface area contributed by atoms with Gasteiger partial charge in [0.2, 0.25) is 10.0 Å². The number of nitrogen functional groups attached to an aromatic ring is 1. The maximum Gasteiger partial charge on any atom is 0.243 e. The second-order valence-electron chi connectivity index (χ2n) is 5.41. The number of nitrogens with zero attached hydrogens (tertiary/aromatic N) is 1. The van der Waals surface area contributed by atoms with Crippen molar-refractivity contribution in [3.8, 4) is 0 Å². The first-order chi connectivity index (χ1) is 8.93. The summed E-state index contributed by atoms with van der Waals surface area (Å²) in [5.41, 5.74) is 7.00. The van der Waals surface area contributed by atoms with E-state index in [0.717, 1.165) is 19.3 Å². The molecule has 0 spiro atoms. The van der Waals surface area contributed by atoms with E-state index in [2.05, 4.69) is 6.92 Å². The summed E-state index contributed by atoms with van der Waals surface area (Å²) in [6, 6.07) is 5.09. The van der Waals surface area contributed by atoms with Crippen LogP contribution in [-0.4, -0.2) is 25.8 Å². The molecule has 1 aromatic carbocycles. The highest BCUT2D eigenvalue weighted by molar-refractivity contribution is 7.89. The van der Waals surface area contributed by atoms with E-state index in [1.54, 1.807) is 29.4 Å². The summed E-state index contributed by atoms with van der Waals surface area (Å²) < 4.78 is 27.0. The highest BCUT2D eigenvalue weighted by Gasteiger charge is 2.28. The Morgan fingerprint density at radius 3 is 2.74 bits per heavy atom. The molecule has 106 valence electrons. The second kappa shape index (κ2) is 5.51. The van der Waals surface area contributed by atoms with Gasteiger partial charge in [0.05, 0.1) is 4.90 Å². The van der Waals surface area contributed by atoms with Gasteiger partial charge in [-0.3, -0.25) is 0 Å². The SMILES string of the molecule is Cc1c(N)cccc1S(=O)(=O)N1CCCC(C)CC1. The van der Waals surface area contributed by atoms with Gasteiger partial charge in [0.1, 0.15) is 0 Å². The molecule has 0 amide bonds. The predicted molar refractivity (Wildman–Crippen MR) is 77.4 cm³/mol. The first-order valence-corrected chi connectivity index (χ1v) is 8.22. The minimum atomic E-state index is -3.41. The number of nitrogens with two attached hydrogens (primary N) is 1. The van der Waals surface area contributed by atoms with Crippen LogP contribution < -0.4 is 5.73 Å². The Hall–Kier alpha value is -1.07. The van der Waals surface area contributed by atoms with E-state index in [1.807, 2.05) is 0 Å². The van der Waals surface area contributed by atoms with Crippen LogP contribution in [0.5, 0.6) is 0 Å². The van der Waals surface area contributed by atoms with Crippen LogP contribution in [0.25, 0.3) is 0 Å². The monoisotopic (exact) mass is 282 g/mol. The molecule has 5 heteroatoms. The molecule has 1 atom stereocenters. The van der Waals surface area contributed by atoms with Crippen LogP contribution in [-0.2, 0) is 10.0 Å². The summed E-state index contributed by atoms with van der Waals surface area (Å²) in [7, 11) is -3.41. The molecule has 2 N–H and O–H groups in total. The zero-order valence-corrected chi connectivity index (χ0v) is 12.4. The minimum absolute atomic E-state index is 0.349. The molecule has 19 heavy (non-hydrogen) atoms. The van der Waals surface area contributed by atoms with Crippen LogP contribution in [0.15, 0.2) is 23.1 Å². The molecule has 0 radical (unpaired) electrons. The van der Waals surface area contributed by atoms with Crippen molar-refractivity contribution >= 4 is 15.7 Å². The molecular weight excluding hydrogens is 260 g/mol. The third-order valence-corrected chi connectivity index (χ3v) is 5.96. The van der Waals surface area contributed by atoms with E-state index in [-0.39, 0.29) is 0 Å². The van der Waals surface area contributed by atoms with Crippen molar-refractivity contribution in [2.45, 2.75) is 38.0 Å².